The van der Waals surface area contributed by atoms with Crippen molar-refractivity contribution >= 4 is 23.3 Å². The van der Waals surface area contributed by atoms with Crippen LogP contribution in [-0.4, -0.2) is 22.9 Å². The molecule has 1 atom stereocenters. The van der Waals surface area contributed by atoms with Gasteiger partial charge in [0.1, 0.15) is 16.5 Å². The minimum Gasteiger partial charge on any atom is -0.466 e. The number of para-hydroxylation sites is 1. The zero-order valence-electron chi connectivity index (χ0n) is 15.9. The molecule has 1 N–H and O–H groups in total. The number of hydrogen-bond acceptors (Lipinski definition) is 6. The molecule has 0 amide bonds. The fourth-order valence-electron chi connectivity index (χ4n) is 3.04. The van der Waals surface area contributed by atoms with Crippen LogP contribution in [0.4, 0.5) is 5.69 Å². The quantitative estimate of drug-likeness (QED) is 0.649. The molecule has 0 fully saturated rings. The molecule has 0 aliphatic heterocycles. The van der Waals surface area contributed by atoms with E-state index in [4.69, 9.17) is 20.8 Å². The van der Waals surface area contributed by atoms with Crippen molar-refractivity contribution < 1.29 is 13.9 Å². The number of anilines is 1. The topological polar surface area (TPSA) is 86.4 Å². The van der Waals surface area contributed by atoms with Gasteiger partial charge in [0, 0.05) is 5.56 Å². The monoisotopic (exact) mass is 401 g/mol. The van der Waals surface area contributed by atoms with Crippen molar-refractivity contribution in [2.75, 3.05) is 12.4 Å². The van der Waals surface area contributed by atoms with Gasteiger partial charge in [0.2, 0.25) is 0 Å². The van der Waals surface area contributed by atoms with Crippen molar-refractivity contribution in [3.8, 4) is 5.69 Å². The van der Waals surface area contributed by atoms with Gasteiger partial charge in [0.25, 0.3) is 5.56 Å². The summed E-state index contributed by atoms with van der Waals surface area (Å²) in [6, 6.07) is 8.32. The molecule has 8 heteroatoms. The van der Waals surface area contributed by atoms with Crippen molar-refractivity contribution in [1.82, 2.24) is 9.78 Å². The van der Waals surface area contributed by atoms with Crippen LogP contribution >= 0.6 is 11.6 Å². The molecule has 0 aliphatic rings. The average Bonchev–Trinajstić information content (AvgIpc) is 3.03. The third kappa shape index (κ3) is 3.66. The van der Waals surface area contributed by atoms with Crippen LogP contribution in [0.2, 0.25) is 5.02 Å². The van der Waals surface area contributed by atoms with Crippen molar-refractivity contribution in [1.29, 1.82) is 0 Å². The summed E-state index contributed by atoms with van der Waals surface area (Å²) in [5.41, 5.74) is 1.32. The zero-order valence-corrected chi connectivity index (χ0v) is 16.7. The van der Waals surface area contributed by atoms with Crippen LogP contribution in [0.3, 0.4) is 0 Å². The fraction of sp³-hybridized carbons (Fsp3) is 0.250. The number of nitrogens with zero attached hydrogens (tertiary/aromatic N) is 2. The summed E-state index contributed by atoms with van der Waals surface area (Å²) in [6.07, 6.45) is 1.45. The Balaban J connectivity index is 1.98. The summed E-state index contributed by atoms with van der Waals surface area (Å²) in [5.74, 6) is 1.03. The number of carbonyl (C=O) groups is 1. The smallest absolute Gasteiger partial charge is 0.340 e. The molecular formula is C20H20ClN3O4. The number of furan rings is 1. The second-order valence-electron chi connectivity index (χ2n) is 6.33. The number of rotatable bonds is 5. The number of hydrogen-bond donors (Lipinski definition) is 1. The zero-order chi connectivity index (χ0) is 20.4. The van der Waals surface area contributed by atoms with Gasteiger partial charge < -0.3 is 14.5 Å². The standard InChI is InChI=1S/C20H20ClN3O4/c1-11-9-15(13(3)28-11)12(2)23-16-10-22-24(19(25)18(16)21)17-8-6-5-7-14(17)20(26)27-4/h5-10,12,23H,1-4H3/t12-/m1/s1. The van der Waals surface area contributed by atoms with Gasteiger partial charge in [-0.1, -0.05) is 23.7 Å². The van der Waals surface area contributed by atoms with Crippen LogP contribution in [0.1, 0.15) is 40.4 Å². The van der Waals surface area contributed by atoms with Crippen molar-refractivity contribution in [2.45, 2.75) is 26.8 Å². The first-order chi connectivity index (χ1) is 13.3. The molecule has 0 bridgehead atoms. The fourth-order valence-corrected chi connectivity index (χ4v) is 3.22. The van der Waals surface area contributed by atoms with E-state index in [0.29, 0.717) is 11.4 Å². The van der Waals surface area contributed by atoms with E-state index < -0.39 is 11.5 Å². The molecule has 7 nitrogen and oxygen atoms in total. The largest absolute Gasteiger partial charge is 0.466 e. The van der Waals surface area contributed by atoms with Gasteiger partial charge in [-0.2, -0.15) is 9.78 Å². The summed E-state index contributed by atoms with van der Waals surface area (Å²) < 4.78 is 11.4. The molecule has 2 heterocycles. The number of halogens is 1. The molecule has 0 saturated carbocycles. The summed E-state index contributed by atoms with van der Waals surface area (Å²) in [4.78, 5) is 24.8. The van der Waals surface area contributed by atoms with E-state index in [1.54, 1.807) is 24.3 Å². The second kappa shape index (κ2) is 7.90. The van der Waals surface area contributed by atoms with E-state index in [1.807, 2.05) is 26.8 Å². The second-order valence-corrected chi connectivity index (χ2v) is 6.71. The van der Waals surface area contributed by atoms with Gasteiger partial charge in [-0.15, -0.1) is 0 Å². The van der Waals surface area contributed by atoms with Gasteiger partial charge in [-0.05, 0) is 39.0 Å². The number of aromatic nitrogens is 2. The Labute approximate surface area is 166 Å². The first-order valence-corrected chi connectivity index (χ1v) is 9.00. The lowest BCUT2D eigenvalue weighted by Crippen LogP contribution is -2.25. The third-order valence-corrected chi connectivity index (χ3v) is 4.74. The number of carbonyl (C=O) groups excluding carboxylic acids is 1. The molecule has 2 aromatic heterocycles. The van der Waals surface area contributed by atoms with Gasteiger partial charge in [-0.3, -0.25) is 4.79 Å². The van der Waals surface area contributed by atoms with E-state index in [9.17, 15) is 9.59 Å². The van der Waals surface area contributed by atoms with Crippen LogP contribution in [0.15, 0.2) is 45.7 Å². The Morgan fingerprint density at radius 2 is 2.04 bits per heavy atom. The van der Waals surface area contributed by atoms with Crippen LogP contribution < -0.4 is 10.9 Å². The highest BCUT2D eigenvalue weighted by Crippen LogP contribution is 2.27. The van der Waals surface area contributed by atoms with E-state index in [-0.39, 0.29) is 16.6 Å². The van der Waals surface area contributed by atoms with Crippen LogP contribution in [0.5, 0.6) is 0 Å². The highest BCUT2D eigenvalue weighted by atomic mass is 35.5. The molecule has 0 spiro atoms. The third-order valence-electron chi connectivity index (χ3n) is 4.37. The number of ether oxygens (including phenoxy) is 1. The predicted octanol–water partition coefficient (Wildman–Crippen LogP) is 4.06. The maximum absolute atomic E-state index is 12.8. The van der Waals surface area contributed by atoms with Crippen LogP contribution in [0.25, 0.3) is 5.69 Å². The lowest BCUT2D eigenvalue weighted by atomic mass is 10.1. The lowest BCUT2D eigenvalue weighted by molar-refractivity contribution is 0.0600. The van der Waals surface area contributed by atoms with Crippen molar-refractivity contribution in [3.05, 3.63) is 74.6 Å². The van der Waals surface area contributed by atoms with E-state index in [0.717, 1.165) is 21.8 Å². The molecule has 146 valence electrons. The number of benzene rings is 1. The average molecular weight is 402 g/mol. The SMILES string of the molecule is COC(=O)c1ccccc1-n1ncc(N[C@H](C)c2cc(C)oc2C)c(Cl)c1=O. The number of methoxy groups -OCH3 is 1. The van der Waals surface area contributed by atoms with E-state index in [2.05, 4.69) is 10.4 Å². The van der Waals surface area contributed by atoms with Gasteiger partial charge in [-0.25, -0.2) is 4.79 Å². The molecule has 0 saturated heterocycles. The lowest BCUT2D eigenvalue weighted by Gasteiger charge is -2.16. The Morgan fingerprint density at radius 3 is 2.68 bits per heavy atom. The molecular weight excluding hydrogens is 382 g/mol. The first kappa shape index (κ1) is 19.7. The predicted molar refractivity (Wildman–Crippen MR) is 106 cm³/mol. The van der Waals surface area contributed by atoms with E-state index >= 15 is 0 Å². The number of esters is 1. The van der Waals surface area contributed by atoms with Crippen molar-refractivity contribution in [3.63, 3.8) is 0 Å². The summed E-state index contributed by atoms with van der Waals surface area (Å²) >= 11 is 6.32. The molecule has 3 aromatic rings. The molecule has 28 heavy (non-hydrogen) atoms. The summed E-state index contributed by atoms with van der Waals surface area (Å²) in [5, 5.41) is 7.35. The van der Waals surface area contributed by atoms with Crippen LogP contribution in [0, 0.1) is 13.8 Å². The minimum atomic E-state index is -0.568. The van der Waals surface area contributed by atoms with Gasteiger partial charge >= 0.3 is 5.97 Å². The van der Waals surface area contributed by atoms with Gasteiger partial charge in [0.15, 0.2) is 0 Å². The maximum Gasteiger partial charge on any atom is 0.340 e. The molecule has 1 aromatic carbocycles. The maximum atomic E-state index is 12.8. The Bertz CT molecular complexity index is 1090. The molecule has 3 rings (SSSR count). The Kier molecular flexibility index (Phi) is 5.56. The summed E-state index contributed by atoms with van der Waals surface area (Å²) in [6.45, 7) is 5.69. The Morgan fingerprint density at radius 1 is 1.32 bits per heavy atom. The van der Waals surface area contributed by atoms with E-state index in [1.165, 1.54) is 13.3 Å². The first-order valence-electron chi connectivity index (χ1n) is 8.62. The highest BCUT2D eigenvalue weighted by Gasteiger charge is 2.19. The number of nitrogens with one attached hydrogen (secondary N) is 1. The van der Waals surface area contributed by atoms with Crippen molar-refractivity contribution in [2.24, 2.45) is 0 Å². The Hall–Kier alpha value is -3.06. The minimum absolute atomic E-state index is 0.0283. The summed E-state index contributed by atoms with van der Waals surface area (Å²) in [7, 11) is 1.27. The normalized spacial score (nSPS) is 11.9. The van der Waals surface area contributed by atoms with Gasteiger partial charge in [0.05, 0.1) is 36.3 Å². The van der Waals surface area contributed by atoms with Crippen LogP contribution in [-0.2, 0) is 4.74 Å². The molecule has 0 aliphatic carbocycles. The molecule has 0 unspecified atom stereocenters. The highest BCUT2D eigenvalue weighted by molar-refractivity contribution is 6.33. The molecule has 0 radical (unpaired) electrons. The number of aryl methyl sites for hydroxylation is 2.